The second-order valence-electron chi connectivity index (χ2n) is 7.39. The zero-order valence-corrected chi connectivity index (χ0v) is 15.9. The highest BCUT2D eigenvalue weighted by Gasteiger charge is 2.22. The maximum atomic E-state index is 4.76. The van der Waals surface area contributed by atoms with Gasteiger partial charge < -0.3 is 20.5 Å². The molecule has 0 atom stereocenters. The third-order valence-corrected chi connectivity index (χ3v) is 5.18. The largest absolute Gasteiger partial charge is 0.362 e. The molecule has 1 aliphatic rings. The van der Waals surface area contributed by atoms with E-state index in [1.165, 1.54) is 0 Å². The highest BCUT2D eigenvalue weighted by atomic mass is 15.2. The Labute approximate surface area is 167 Å². The summed E-state index contributed by atoms with van der Waals surface area (Å²) in [7, 11) is 4.04. The van der Waals surface area contributed by atoms with Crippen LogP contribution in [0.25, 0.3) is 10.9 Å². The molecule has 0 aliphatic heterocycles. The molecule has 1 aliphatic carbocycles. The number of imidazole rings is 1. The molecule has 7 heteroatoms. The molecule has 150 valence electrons. The molecule has 3 aromatic rings. The van der Waals surface area contributed by atoms with Crippen LogP contribution < -0.4 is 15.5 Å². The van der Waals surface area contributed by atoms with Gasteiger partial charge in [-0.05, 0) is 37.8 Å². The molecular formula is C21H31N7. The van der Waals surface area contributed by atoms with Gasteiger partial charge >= 0.3 is 0 Å². The summed E-state index contributed by atoms with van der Waals surface area (Å²) in [5.41, 5.74) is 0.979. The first kappa shape index (κ1) is 20.1. The van der Waals surface area contributed by atoms with Crippen molar-refractivity contribution in [2.75, 3.05) is 24.3 Å². The molecule has 7 nitrogen and oxygen atoms in total. The van der Waals surface area contributed by atoms with Crippen LogP contribution in [-0.2, 0) is 6.54 Å². The number of fused-ring (bicyclic) bond motifs is 1. The van der Waals surface area contributed by atoms with Crippen molar-refractivity contribution in [1.29, 1.82) is 0 Å². The monoisotopic (exact) mass is 381 g/mol. The van der Waals surface area contributed by atoms with Crippen molar-refractivity contribution in [3.8, 4) is 0 Å². The van der Waals surface area contributed by atoms with Crippen LogP contribution in [0.15, 0.2) is 36.7 Å². The Bertz CT molecular complexity index is 868. The van der Waals surface area contributed by atoms with E-state index in [-0.39, 0.29) is 7.43 Å². The predicted molar refractivity (Wildman–Crippen MR) is 116 cm³/mol. The van der Waals surface area contributed by atoms with Crippen LogP contribution in [-0.4, -0.2) is 46.1 Å². The quantitative estimate of drug-likeness (QED) is 0.606. The van der Waals surface area contributed by atoms with Crippen molar-refractivity contribution in [1.82, 2.24) is 25.3 Å². The van der Waals surface area contributed by atoms with Gasteiger partial charge in [-0.3, -0.25) is 0 Å². The third kappa shape index (κ3) is 4.59. The smallest absolute Gasteiger partial charge is 0.225 e. The Balaban J connectivity index is 0.00000225. The fraction of sp³-hybridized carbons (Fsp3) is 0.476. The van der Waals surface area contributed by atoms with E-state index in [0.29, 0.717) is 12.1 Å². The van der Waals surface area contributed by atoms with Crippen LogP contribution in [0, 0.1) is 0 Å². The molecule has 0 amide bonds. The number of nitrogens with one attached hydrogen (secondary N) is 3. The summed E-state index contributed by atoms with van der Waals surface area (Å²) in [4.78, 5) is 18.9. The maximum Gasteiger partial charge on any atom is 0.225 e. The van der Waals surface area contributed by atoms with Crippen LogP contribution in [0.1, 0.15) is 38.9 Å². The summed E-state index contributed by atoms with van der Waals surface area (Å²) >= 11 is 0. The van der Waals surface area contributed by atoms with Crippen molar-refractivity contribution in [2.24, 2.45) is 0 Å². The number of aromatic nitrogens is 4. The molecule has 1 fully saturated rings. The number of benzene rings is 1. The molecule has 2 aromatic heterocycles. The van der Waals surface area contributed by atoms with Gasteiger partial charge in [0.15, 0.2) is 0 Å². The fourth-order valence-electron chi connectivity index (χ4n) is 3.73. The molecule has 2 heterocycles. The average Bonchev–Trinajstić information content (AvgIpc) is 3.20. The van der Waals surface area contributed by atoms with E-state index in [1.54, 1.807) is 6.20 Å². The number of hydrogen-bond donors (Lipinski definition) is 3. The van der Waals surface area contributed by atoms with E-state index in [0.717, 1.165) is 60.7 Å². The summed E-state index contributed by atoms with van der Waals surface area (Å²) in [5.74, 6) is 2.68. The van der Waals surface area contributed by atoms with Gasteiger partial charge in [0.1, 0.15) is 11.6 Å². The lowest BCUT2D eigenvalue weighted by Gasteiger charge is -2.30. The van der Waals surface area contributed by atoms with E-state index < -0.39 is 0 Å². The van der Waals surface area contributed by atoms with Gasteiger partial charge in [0.2, 0.25) is 5.95 Å². The highest BCUT2D eigenvalue weighted by molar-refractivity contribution is 5.90. The first-order valence-corrected chi connectivity index (χ1v) is 9.61. The fourth-order valence-corrected chi connectivity index (χ4v) is 3.73. The van der Waals surface area contributed by atoms with Crippen LogP contribution >= 0.6 is 0 Å². The SMILES string of the molecule is C.CN(C)c1nc(NC2CCC(NCc3ncc[nH]3)CC2)nc2ccccc12. The van der Waals surface area contributed by atoms with E-state index in [1.807, 2.05) is 43.4 Å². The van der Waals surface area contributed by atoms with Crippen LogP contribution in [0.4, 0.5) is 11.8 Å². The Kier molecular flexibility index (Phi) is 6.46. The lowest BCUT2D eigenvalue weighted by Crippen LogP contribution is -2.37. The van der Waals surface area contributed by atoms with E-state index in [4.69, 9.17) is 9.97 Å². The second-order valence-corrected chi connectivity index (χ2v) is 7.39. The Morgan fingerprint density at radius 1 is 1.07 bits per heavy atom. The van der Waals surface area contributed by atoms with Gasteiger partial charge in [-0.15, -0.1) is 0 Å². The first-order chi connectivity index (χ1) is 13.2. The predicted octanol–water partition coefficient (Wildman–Crippen LogP) is 3.57. The topological polar surface area (TPSA) is 81.8 Å². The minimum absolute atomic E-state index is 0. The lowest BCUT2D eigenvalue weighted by atomic mass is 9.91. The minimum atomic E-state index is 0. The van der Waals surface area contributed by atoms with Gasteiger partial charge in [0.25, 0.3) is 0 Å². The van der Waals surface area contributed by atoms with Crippen LogP contribution in [0.5, 0.6) is 0 Å². The summed E-state index contributed by atoms with van der Waals surface area (Å²) < 4.78 is 0. The molecule has 28 heavy (non-hydrogen) atoms. The molecular weight excluding hydrogens is 350 g/mol. The molecule has 1 aromatic carbocycles. The summed E-state index contributed by atoms with van der Waals surface area (Å²) in [6.45, 7) is 0.801. The lowest BCUT2D eigenvalue weighted by molar-refractivity contribution is 0.350. The van der Waals surface area contributed by atoms with Crippen LogP contribution in [0.3, 0.4) is 0 Å². The molecule has 3 N–H and O–H groups in total. The third-order valence-electron chi connectivity index (χ3n) is 5.18. The number of H-pyrrole nitrogens is 1. The van der Waals surface area contributed by atoms with Crippen molar-refractivity contribution in [3.05, 3.63) is 42.5 Å². The molecule has 0 bridgehead atoms. The van der Waals surface area contributed by atoms with Crippen molar-refractivity contribution in [2.45, 2.75) is 51.7 Å². The van der Waals surface area contributed by atoms with Gasteiger partial charge in [-0.25, -0.2) is 9.97 Å². The van der Waals surface area contributed by atoms with Crippen molar-refractivity contribution in [3.63, 3.8) is 0 Å². The maximum absolute atomic E-state index is 4.76. The molecule has 0 radical (unpaired) electrons. The number of aromatic amines is 1. The van der Waals surface area contributed by atoms with Crippen molar-refractivity contribution < 1.29 is 0 Å². The molecule has 0 saturated heterocycles. The first-order valence-electron chi connectivity index (χ1n) is 9.61. The summed E-state index contributed by atoms with van der Waals surface area (Å²) in [6, 6.07) is 9.14. The van der Waals surface area contributed by atoms with E-state index in [9.17, 15) is 0 Å². The average molecular weight is 382 g/mol. The number of nitrogens with zero attached hydrogens (tertiary/aromatic N) is 4. The molecule has 4 rings (SSSR count). The van der Waals surface area contributed by atoms with Gasteiger partial charge in [-0.2, -0.15) is 4.98 Å². The normalized spacial score (nSPS) is 19.2. The second kappa shape index (κ2) is 9.01. The number of para-hydroxylation sites is 1. The molecule has 0 spiro atoms. The van der Waals surface area contributed by atoms with Gasteiger partial charge in [0.05, 0.1) is 12.1 Å². The Morgan fingerprint density at radius 2 is 1.82 bits per heavy atom. The highest BCUT2D eigenvalue weighted by Crippen LogP contribution is 2.26. The van der Waals surface area contributed by atoms with Crippen molar-refractivity contribution >= 4 is 22.7 Å². The van der Waals surface area contributed by atoms with E-state index in [2.05, 4.69) is 26.7 Å². The Hall–Kier alpha value is -2.67. The molecule has 1 saturated carbocycles. The minimum Gasteiger partial charge on any atom is -0.362 e. The zero-order valence-electron chi connectivity index (χ0n) is 15.9. The number of anilines is 2. The van der Waals surface area contributed by atoms with Crippen LogP contribution in [0.2, 0.25) is 0 Å². The number of rotatable bonds is 6. The Morgan fingerprint density at radius 3 is 2.54 bits per heavy atom. The molecule has 0 unspecified atom stereocenters. The summed E-state index contributed by atoms with van der Waals surface area (Å²) in [5, 5.41) is 8.24. The van der Waals surface area contributed by atoms with Gasteiger partial charge in [0, 0.05) is 44.0 Å². The van der Waals surface area contributed by atoms with Gasteiger partial charge in [-0.1, -0.05) is 19.6 Å². The zero-order chi connectivity index (χ0) is 18.6. The summed E-state index contributed by atoms with van der Waals surface area (Å²) in [6.07, 6.45) is 8.18. The number of hydrogen-bond acceptors (Lipinski definition) is 6. The van der Waals surface area contributed by atoms with E-state index >= 15 is 0 Å². The standard InChI is InChI=1S/C20H27N7.CH4/c1-27(2)19-16-5-3-4-6-17(16)25-20(26-19)24-15-9-7-14(8-10-15)23-13-18-21-11-12-22-18;/h3-6,11-12,14-15,23H,7-10,13H2,1-2H3,(H,21,22)(H,24,25,26);1H4.